The number of phenolic OH excluding ortho intramolecular Hbond substituents is 3. The number of hydrogen-bond donors (Lipinski definition) is 4. The highest BCUT2D eigenvalue weighted by molar-refractivity contribution is 5.94. The number of esters is 1. The van der Waals surface area contributed by atoms with Gasteiger partial charge in [-0.25, -0.2) is 0 Å². The molecule has 0 bridgehead atoms. The molecular weight excluding hydrogens is 518 g/mol. The molecule has 0 radical (unpaired) electrons. The van der Waals surface area contributed by atoms with Gasteiger partial charge < -0.3 is 34.3 Å². The number of aromatic nitrogens is 1. The zero-order chi connectivity index (χ0) is 28.0. The van der Waals surface area contributed by atoms with Crippen LogP contribution >= 0.6 is 0 Å². The molecule has 0 aliphatic carbocycles. The van der Waals surface area contributed by atoms with Gasteiger partial charge in [0.15, 0.2) is 17.3 Å². The summed E-state index contributed by atoms with van der Waals surface area (Å²) in [6, 6.07) is 15.6. The molecule has 200 valence electrons. The summed E-state index contributed by atoms with van der Waals surface area (Å²) in [4.78, 5) is 29.9. The summed E-state index contributed by atoms with van der Waals surface area (Å²) in [5, 5.41) is 40.7. The van der Waals surface area contributed by atoms with Gasteiger partial charge in [-0.2, -0.15) is 0 Å². The van der Waals surface area contributed by atoms with E-state index in [0.29, 0.717) is 16.9 Å². The highest BCUT2D eigenvalue weighted by Gasteiger charge is 2.34. The number of pyridine rings is 1. The van der Waals surface area contributed by atoms with Gasteiger partial charge in [-0.1, -0.05) is 18.2 Å². The first kappa shape index (κ1) is 24.8. The maximum atomic E-state index is 13.2. The van der Waals surface area contributed by atoms with Crippen LogP contribution in [0.1, 0.15) is 29.0 Å². The molecule has 3 aromatic carbocycles. The minimum Gasteiger partial charge on any atom is -0.507 e. The molecule has 1 aliphatic rings. The number of phenols is 3. The van der Waals surface area contributed by atoms with E-state index in [9.17, 15) is 30.0 Å². The average Bonchev–Trinajstić information content (AvgIpc) is 2.95. The number of carbonyl (C=O) groups excluding carboxylic acids is 1. The average molecular weight is 539 g/mol. The number of nitrogens with zero attached hydrogens (tertiary/aromatic N) is 1. The second-order valence-corrected chi connectivity index (χ2v) is 9.28. The van der Waals surface area contributed by atoms with Crippen molar-refractivity contribution in [1.82, 2.24) is 4.98 Å². The normalized spacial score (nSPS) is 14.5. The van der Waals surface area contributed by atoms with Gasteiger partial charge in [0.2, 0.25) is 11.2 Å². The van der Waals surface area contributed by atoms with Crippen LogP contribution < -0.4 is 14.9 Å². The summed E-state index contributed by atoms with van der Waals surface area (Å²) >= 11 is 0. The van der Waals surface area contributed by atoms with E-state index in [1.54, 1.807) is 42.7 Å². The first-order chi connectivity index (χ1) is 19.3. The van der Waals surface area contributed by atoms with Crippen LogP contribution in [0.25, 0.3) is 22.3 Å². The van der Waals surface area contributed by atoms with Gasteiger partial charge in [-0.05, 0) is 42.0 Å². The van der Waals surface area contributed by atoms with Gasteiger partial charge in [0.05, 0.1) is 6.42 Å². The zero-order valence-corrected chi connectivity index (χ0v) is 20.7. The van der Waals surface area contributed by atoms with E-state index in [0.717, 1.165) is 17.7 Å². The molecule has 0 amide bonds. The lowest BCUT2D eigenvalue weighted by Gasteiger charge is -2.26. The van der Waals surface area contributed by atoms with Crippen LogP contribution in [0.4, 0.5) is 0 Å². The number of fused-ring (bicyclic) bond motifs is 3. The maximum absolute atomic E-state index is 13.2. The number of rotatable bonds is 5. The second-order valence-electron chi connectivity index (χ2n) is 9.28. The lowest BCUT2D eigenvalue weighted by atomic mass is 9.85. The molecule has 0 saturated carbocycles. The van der Waals surface area contributed by atoms with E-state index in [1.165, 1.54) is 12.1 Å². The molecule has 2 aromatic heterocycles. The van der Waals surface area contributed by atoms with Crippen LogP contribution in [-0.2, 0) is 11.4 Å². The second kappa shape index (κ2) is 9.66. The topological polar surface area (TPSA) is 160 Å². The van der Waals surface area contributed by atoms with Crippen molar-refractivity contribution < 1.29 is 39.1 Å². The molecule has 6 rings (SSSR count). The third kappa shape index (κ3) is 4.31. The zero-order valence-electron chi connectivity index (χ0n) is 20.7. The molecule has 4 N–H and O–H groups in total. The summed E-state index contributed by atoms with van der Waals surface area (Å²) < 4.78 is 17.4. The smallest absolute Gasteiger partial charge is 0.312 e. The molecule has 40 heavy (non-hydrogen) atoms. The van der Waals surface area contributed by atoms with Crippen LogP contribution in [0.2, 0.25) is 0 Å². The third-order valence-corrected chi connectivity index (χ3v) is 6.69. The van der Waals surface area contributed by atoms with E-state index in [1.807, 2.05) is 6.07 Å². The van der Waals surface area contributed by atoms with Crippen molar-refractivity contribution in [2.45, 2.75) is 18.9 Å². The van der Waals surface area contributed by atoms with Gasteiger partial charge in [-0.3, -0.25) is 14.6 Å². The van der Waals surface area contributed by atoms with Crippen molar-refractivity contribution in [1.29, 1.82) is 0 Å². The Bertz CT molecular complexity index is 1850. The van der Waals surface area contributed by atoms with Crippen LogP contribution in [0.5, 0.6) is 34.5 Å². The SMILES string of the molecule is O=C1C[C@@H](c2cccc(OCc3cccnc3)c2)c2c(cc(O)c3c(=O)c(O)c(-c4ccc(O)c(O)c4)oc23)O1. The molecule has 1 atom stereocenters. The van der Waals surface area contributed by atoms with Crippen molar-refractivity contribution in [2.75, 3.05) is 0 Å². The fraction of sp³-hybridized carbons (Fsp3) is 0.100. The Morgan fingerprint density at radius 1 is 0.925 bits per heavy atom. The van der Waals surface area contributed by atoms with Gasteiger partial charge in [0.25, 0.3) is 0 Å². The molecule has 0 saturated heterocycles. The molecule has 10 heteroatoms. The fourth-order valence-electron chi connectivity index (χ4n) is 4.80. The van der Waals surface area contributed by atoms with Gasteiger partial charge in [0.1, 0.15) is 34.8 Å². The molecule has 0 spiro atoms. The molecule has 0 fully saturated rings. The summed E-state index contributed by atoms with van der Waals surface area (Å²) in [5.74, 6) is -3.22. The van der Waals surface area contributed by atoms with Crippen LogP contribution in [0.3, 0.4) is 0 Å². The first-order valence-electron chi connectivity index (χ1n) is 12.2. The fourth-order valence-corrected chi connectivity index (χ4v) is 4.80. The number of aromatic hydroxyl groups is 4. The van der Waals surface area contributed by atoms with Crippen LogP contribution in [-0.4, -0.2) is 31.4 Å². The van der Waals surface area contributed by atoms with Crippen molar-refractivity contribution in [3.63, 3.8) is 0 Å². The number of carbonyl (C=O) groups is 1. The highest BCUT2D eigenvalue weighted by Crippen LogP contribution is 2.47. The predicted molar refractivity (Wildman–Crippen MR) is 142 cm³/mol. The molecule has 1 aliphatic heterocycles. The summed E-state index contributed by atoms with van der Waals surface area (Å²) in [5.41, 5.74) is 0.925. The van der Waals surface area contributed by atoms with E-state index >= 15 is 0 Å². The highest BCUT2D eigenvalue weighted by atomic mass is 16.5. The van der Waals surface area contributed by atoms with E-state index in [2.05, 4.69) is 4.98 Å². The van der Waals surface area contributed by atoms with Gasteiger partial charge >= 0.3 is 5.97 Å². The standard InChI is InChI=1S/C30H21NO9/c32-20-7-6-17(10-21(20)33)29-28(37)27(36)26-22(34)12-23-25(30(26)40-29)19(11-24(35)39-23)16-4-1-5-18(9-16)38-14-15-3-2-8-31-13-15/h1-10,12-13,19,32-34,37H,11,14H2/t19-/m0/s1. The lowest BCUT2D eigenvalue weighted by Crippen LogP contribution is -2.22. The van der Waals surface area contributed by atoms with Crippen molar-refractivity contribution >= 4 is 16.9 Å². The van der Waals surface area contributed by atoms with Crippen molar-refractivity contribution in [3.05, 3.63) is 100.0 Å². The quantitative estimate of drug-likeness (QED) is 0.140. The minimum atomic E-state index is -0.923. The monoisotopic (exact) mass is 539 g/mol. The number of ether oxygens (including phenoxy) is 2. The predicted octanol–water partition coefficient (Wildman–Crippen LogP) is 4.70. The third-order valence-electron chi connectivity index (χ3n) is 6.69. The Morgan fingerprint density at radius 3 is 2.55 bits per heavy atom. The maximum Gasteiger partial charge on any atom is 0.312 e. The van der Waals surface area contributed by atoms with Crippen molar-refractivity contribution in [2.24, 2.45) is 0 Å². The van der Waals surface area contributed by atoms with Gasteiger partial charge in [0, 0.05) is 41.1 Å². The van der Waals surface area contributed by atoms with Gasteiger partial charge in [-0.15, -0.1) is 0 Å². The lowest BCUT2D eigenvalue weighted by molar-refractivity contribution is -0.135. The minimum absolute atomic E-state index is 0.00118. The Morgan fingerprint density at radius 2 is 1.77 bits per heavy atom. The first-order valence-corrected chi connectivity index (χ1v) is 12.2. The Balaban J connectivity index is 1.51. The van der Waals surface area contributed by atoms with E-state index in [-0.39, 0.29) is 41.1 Å². The number of benzene rings is 3. The molecule has 0 unspecified atom stereocenters. The van der Waals surface area contributed by atoms with Crippen LogP contribution in [0.15, 0.2) is 82.3 Å². The largest absolute Gasteiger partial charge is 0.507 e. The Labute approximate surface area is 225 Å². The summed E-state index contributed by atoms with van der Waals surface area (Å²) in [7, 11) is 0. The van der Waals surface area contributed by atoms with E-state index < -0.39 is 40.3 Å². The Kier molecular flexibility index (Phi) is 5.99. The van der Waals surface area contributed by atoms with Crippen molar-refractivity contribution in [3.8, 4) is 45.8 Å². The molecule has 5 aromatic rings. The summed E-state index contributed by atoms with van der Waals surface area (Å²) in [6.07, 6.45) is 3.26. The Hall–Kier alpha value is -5.51. The van der Waals surface area contributed by atoms with Crippen LogP contribution in [0, 0.1) is 0 Å². The molecule has 3 heterocycles. The summed E-state index contributed by atoms with van der Waals surface area (Å²) in [6.45, 7) is 0.272. The van der Waals surface area contributed by atoms with E-state index in [4.69, 9.17) is 13.9 Å². The number of hydrogen-bond acceptors (Lipinski definition) is 10. The molecular formula is C30H21NO9. The molecule has 10 nitrogen and oxygen atoms in total.